The number of aromatic nitrogens is 2. The minimum absolute atomic E-state index is 0.0824. The molecule has 0 saturated carbocycles. The van der Waals surface area contributed by atoms with E-state index in [0.717, 1.165) is 22.9 Å². The molecule has 2 N–H and O–H groups in total. The van der Waals surface area contributed by atoms with Gasteiger partial charge in [-0.3, -0.25) is 14.3 Å². The van der Waals surface area contributed by atoms with Crippen molar-refractivity contribution >= 4 is 27.3 Å². The molecule has 0 bridgehead atoms. The summed E-state index contributed by atoms with van der Waals surface area (Å²) in [5, 5.41) is 10.3. The van der Waals surface area contributed by atoms with Crippen molar-refractivity contribution < 1.29 is 35.9 Å². The molecule has 0 fully saturated rings. The quantitative estimate of drug-likeness (QED) is 0.426. The molecule has 1 aliphatic carbocycles. The number of sulfone groups is 1. The van der Waals surface area contributed by atoms with Gasteiger partial charge in [0.25, 0.3) is 5.91 Å². The van der Waals surface area contributed by atoms with E-state index in [2.05, 4.69) is 24.5 Å². The molecule has 1 aliphatic heterocycles. The predicted molar refractivity (Wildman–Crippen MR) is 146 cm³/mol. The summed E-state index contributed by atoms with van der Waals surface area (Å²) in [7, 11) is -3.63. The first-order chi connectivity index (χ1) is 19.1. The highest BCUT2D eigenvalue weighted by Crippen LogP contribution is 2.44. The molecule has 41 heavy (non-hydrogen) atoms. The van der Waals surface area contributed by atoms with E-state index in [9.17, 15) is 31.2 Å². The zero-order valence-corrected chi connectivity index (χ0v) is 23.4. The fourth-order valence-corrected chi connectivity index (χ4v) is 5.96. The number of ether oxygens (including phenoxy) is 1. The van der Waals surface area contributed by atoms with Crippen molar-refractivity contribution in [3.8, 4) is 17.0 Å². The van der Waals surface area contributed by atoms with Gasteiger partial charge in [-0.05, 0) is 47.6 Å². The summed E-state index contributed by atoms with van der Waals surface area (Å²) < 4.78 is 67.8. The van der Waals surface area contributed by atoms with E-state index in [1.54, 1.807) is 12.1 Å². The van der Waals surface area contributed by atoms with Gasteiger partial charge < -0.3 is 15.4 Å². The van der Waals surface area contributed by atoms with Gasteiger partial charge in [0, 0.05) is 11.8 Å². The van der Waals surface area contributed by atoms with Crippen LogP contribution < -0.4 is 15.4 Å². The number of carbonyl (C=O) groups is 2. The smallest absolute Gasteiger partial charge is 0.422 e. The molecule has 218 valence electrons. The van der Waals surface area contributed by atoms with Gasteiger partial charge in [-0.2, -0.15) is 18.3 Å². The van der Waals surface area contributed by atoms with Crippen LogP contribution in [0.25, 0.3) is 11.3 Å². The second kappa shape index (κ2) is 10.2. The second-order valence-electron chi connectivity index (χ2n) is 10.9. The van der Waals surface area contributed by atoms with E-state index >= 15 is 0 Å². The maximum absolute atomic E-state index is 13.6. The number of alkyl halides is 3. The van der Waals surface area contributed by atoms with E-state index in [4.69, 9.17) is 9.84 Å². The van der Waals surface area contributed by atoms with E-state index in [1.165, 1.54) is 10.7 Å². The van der Waals surface area contributed by atoms with Gasteiger partial charge in [0.05, 0.1) is 12.1 Å². The Morgan fingerprint density at radius 2 is 1.90 bits per heavy atom. The van der Waals surface area contributed by atoms with E-state index in [0.29, 0.717) is 24.1 Å². The Morgan fingerprint density at radius 3 is 2.54 bits per heavy atom. The lowest BCUT2D eigenvalue weighted by Gasteiger charge is -2.36. The van der Waals surface area contributed by atoms with Crippen molar-refractivity contribution in [2.45, 2.75) is 50.9 Å². The first kappa shape index (κ1) is 28.7. The van der Waals surface area contributed by atoms with Crippen LogP contribution in [0.15, 0.2) is 42.5 Å². The summed E-state index contributed by atoms with van der Waals surface area (Å²) in [5.41, 5.74) is 2.85. The van der Waals surface area contributed by atoms with E-state index in [-0.39, 0.29) is 29.6 Å². The lowest BCUT2D eigenvalue weighted by molar-refractivity contribution is -0.153. The molecule has 2 amide bonds. The van der Waals surface area contributed by atoms with Crippen LogP contribution in [0.4, 0.5) is 18.9 Å². The van der Waals surface area contributed by atoms with Gasteiger partial charge >= 0.3 is 6.18 Å². The van der Waals surface area contributed by atoms with Gasteiger partial charge in [-0.15, -0.1) is 0 Å². The van der Waals surface area contributed by atoms with Gasteiger partial charge in [0.15, 0.2) is 22.1 Å². The average Bonchev–Trinajstić information content (AvgIpc) is 3.39. The maximum Gasteiger partial charge on any atom is 0.422 e. The topological polar surface area (TPSA) is 119 Å². The molecular weight excluding hydrogens is 561 g/mol. The first-order valence-electron chi connectivity index (χ1n) is 13.0. The van der Waals surface area contributed by atoms with Crippen LogP contribution in [0.2, 0.25) is 0 Å². The Labute approximate surface area is 235 Å². The lowest BCUT2D eigenvalue weighted by atomic mass is 9.89. The number of halogens is 3. The summed E-state index contributed by atoms with van der Waals surface area (Å²) >= 11 is 0. The first-order valence-corrected chi connectivity index (χ1v) is 15.0. The molecule has 1 aromatic heterocycles. The molecular formula is C28H29F3N4O5S. The molecule has 0 unspecified atom stereocenters. The fraction of sp³-hybridized carbons (Fsp3) is 0.393. The molecule has 2 aromatic carbocycles. The molecule has 5 rings (SSSR count). The van der Waals surface area contributed by atoms with Crippen LogP contribution in [0, 0.1) is 0 Å². The molecule has 0 saturated heterocycles. The lowest BCUT2D eigenvalue weighted by Crippen LogP contribution is -2.52. The number of benzene rings is 2. The largest absolute Gasteiger partial charge is 0.484 e. The predicted octanol–water partition coefficient (Wildman–Crippen LogP) is 4.18. The van der Waals surface area contributed by atoms with Crippen LogP contribution in [0.1, 0.15) is 53.4 Å². The Bertz CT molecular complexity index is 1630. The minimum Gasteiger partial charge on any atom is -0.484 e. The van der Waals surface area contributed by atoms with Gasteiger partial charge in [-0.25, -0.2) is 8.42 Å². The zero-order chi connectivity index (χ0) is 29.7. The Kier molecular flexibility index (Phi) is 7.13. The van der Waals surface area contributed by atoms with Crippen molar-refractivity contribution in [1.82, 2.24) is 15.1 Å². The number of anilines is 1. The Hall–Kier alpha value is -3.87. The number of hydrogen-bond donors (Lipinski definition) is 2. The molecule has 2 aliphatic rings. The molecule has 13 heteroatoms. The van der Waals surface area contributed by atoms with Crippen LogP contribution in [0.5, 0.6) is 5.75 Å². The number of fused-ring (bicyclic) bond motifs is 3. The normalized spacial score (nSPS) is 18.3. The Morgan fingerprint density at radius 1 is 1.20 bits per heavy atom. The third-order valence-electron chi connectivity index (χ3n) is 7.26. The van der Waals surface area contributed by atoms with Gasteiger partial charge in [-0.1, -0.05) is 44.2 Å². The number of carbonyl (C=O) groups excluding carboxylic acids is 2. The third kappa shape index (κ3) is 5.95. The summed E-state index contributed by atoms with van der Waals surface area (Å²) in [6.45, 7) is 2.90. The highest BCUT2D eigenvalue weighted by molar-refractivity contribution is 7.91. The summed E-state index contributed by atoms with van der Waals surface area (Å²) in [5.74, 6) is -1.72. The highest BCUT2D eigenvalue weighted by atomic mass is 32.2. The highest BCUT2D eigenvalue weighted by Gasteiger charge is 2.46. The number of hydrogen-bond acceptors (Lipinski definition) is 6. The summed E-state index contributed by atoms with van der Waals surface area (Å²) in [6.07, 6.45) is -2.55. The van der Waals surface area contributed by atoms with Crippen molar-refractivity contribution in [3.05, 3.63) is 64.8 Å². The van der Waals surface area contributed by atoms with Gasteiger partial charge in [0.1, 0.15) is 22.9 Å². The van der Waals surface area contributed by atoms with Crippen LogP contribution in [0.3, 0.4) is 0 Å². The SMILES string of the molecule is CC(C)c1ccc(-c2nn3c(c2NC(=O)CS(C)(=O)=O)C(=O)N[C@@]2(CCc4cc(OCC(F)(F)F)ccc42)C3)cc1. The maximum atomic E-state index is 13.6. The third-order valence-corrected chi connectivity index (χ3v) is 8.05. The molecule has 9 nitrogen and oxygen atoms in total. The van der Waals surface area contributed by atoms with Crippen LogP contribution >= 0.6 is 0 Å². The fourth-order valence-electron chi connectivity index (χ4n) is 5.41. The van der Waals surface area contributed by atoms with Crippen LogP contribution in [-0.4, -0.2) is 54.8 Å². The summed E-state index contributed by atoms with van der Waals surface area (Å²) in [4.78, 5) is 26.3. The van der Waals surface area contributed by atoms with E-state index in [1.807, 2.05) is 24.3 Å². The Balaban J connectivity index is 1.52. The van der Waals surface area contributed by atoms with Crippen molar-refractivity contribution in [2.75, 3.05) is 23.9 Å². The van der Waals surface area contributed by atoms with Crippen LogP contribution in [-0.2, 0) is 33.1 Å². The molecule has 3 aromatic rings. The number of rotatable bonds is 7. The number of amides is 2. The van der Waals surface area contributed by atoms with Crippen molar-refractivity contribution in [3.63, 3.8) is 0 Å². The monoisotopic (exact) mass is 590 g/mol. The van der Waals surface area contributed by atoms with E-state index < -0.39 is 45.7 Å². The summed E-state index contributed by atoms with van der Waals surface area (Å²) in [6, 6.07) is 12.2. The molecule has 2 heterocycles. The molecule has 1 spiro atoms. The zero-order valence-electron chi connectivity index (χ0n) is 22.6. The molecule has 1 atom stereocenters. The average molecular weight is 591 g/mol. The standard InChI is InChI=1S/C28H29F3N4O5S/c1-16(2)17-4-6-18(7-5-17)23-24(32-22(36)13-41(3,38)39)25-26(37)33-27(14-35(25)34-23)11-10-19-12-20(8-9-21(19)27)40-15-28(29,30)31/h4-9,12,16H,10-11,13-15H2,1-3H3,(H,32,36)(H,33,37)/t27-/m0/s1. The number of nitrogens with one attached hydrogen (secondary N) is 2. The number of nitrogens with zero attached hydrogens (tertiary/aromatic N) is 2. The van der Waals surface area contributed by atoms with Gasteiger partial charge in [0.2, 0.25) is 5.91 Å². The molecule has 0 radical (unpaired) electrons. The second-order valence-corrected chi connectivity index (χ2v) is 13.0. The minimum atomic E-state index is -4.46. The van der Waals surface area contributed by atoms with Crippen molar-refractivity contribution in [2.24, 2.45) is 0 Å². The van der Waals surface area contributed by atoms with Crippen molar-refractivity contribution in [1.29, 1.82) is 0 Å². The number of aryl methyl sites for hydroxylation is 1.